The number of nitrogens with zero attached hydrogens (tertiary/aromatic N) is 4. The molecule has 0 fully saturated rings. The number of carboxylic acid groups (broad SMARTS) is 2. The molecule has 318 valence electrons. The van der Waals surface area contributed by atoms with Gasteiger partial charge in [0.25, 0.3) is 0 Å². The summed E-state index contributed by atoms with van der Waals surface area (Å²) in [4.78, 5) is 55.7. The number of aryl methyl sites for hydroxylation is 3. The number of aliphatic hydroxyl groups is 1. The van der Waals surface area contributed by atoms with Gasteiger partial charge in [0.2, 0.25) is 0 Å². The van der Waals surface area contributed by atoms with Crippen LogP contribution in [0.5, 0.6) is 0 Å². The van der Waals surface area contributed by atoms with E-state index in [1.54, 1.807) is 18.2 Å². The first-order chi connectivity index (χ1) is 28.1. The first-order valence-electron chi connectivity index (χ1n) is 20.3. The molecule has 2 aliphatic heterocycles. The molecule has 5 rings (SSSR count). The maximum absolute atomic E-state index is 12.8. The fourth-order valence-corrected chi connectivity index (χ4v) is 7.71. The van der Waals surface area contributed by atoms with Gasteiger partial charge in [0, 0.05) is 40.2 Å². The van der Waals surface area contributed by atoms with E-state index in [1.165, 1.54) is 16.7 Å². The zero-order chi connectivity index (χ0) is 43.0. The zero-order valence-corrected chi connectivity index (χ0v) is 36.8. The third-order valence-corrected chi connectivity index (χ3v) is 11.1. The summed E-state index contributed by atoms with van der Waals surface area (Å²) in [6, 6.07) is 7.03. The van der Waals surface area contributed by atoms with E-state index in [4.69, 9.17) is 19.9 Å². The number of aliphatic carboxylic acids is 2. The molecule has 10 nitrogen and oxygen atoms in total. The monoisotopic (exact) mass is 850 g/mol. The molecule has 11 heteroatoms. The second-order valence-electron chi connectivity index (χ2n) is 15.8. The largest absolute Gasteiger partial charge is 0.657 e. The second-order valence-corrected chi connectivity index (χ2v) is 15.8. The summed E-state index contributed by atoms with van der Waals surface area (Å²) in [5, 5.41) is 35.0. The van der Waals surface area contributed by atoms with Crippen LogP contribution in [0.1, 0.15) is 144 Å². The van der Waals surface area contributed by atoms with Crippen molar-refractivity contribution in [1.82, 2.24) is 19.9 Å². The van der Waals surface area contributed by atoms with Crippen LogP contribution in [0.15, 0.2) is 71.9 Å². The average Bonchev–Trinajstić information content (AvgIpc) is 3.85. The van der Waals surface area contributed by atoms with E-state index in [1.807, 2.05) is 32.9 Å². The Bertz CT molecular complexity index is 2490. The van der Waals surface area contributed by atoms with Crippen LogP contribution in [0.25, 0.3) is 44.4 Å². The van der Waals surface area contributed by atoms with E-state index < -0.39 is 18.0 Å². The number of hydrogen-bond acceptors (Lipinski definition) is 8. The molecular weight excluding hydrogens is 796 g/mol. The second kappa shape index (κ2) is 21.3. The third kappa shape index (κ3) is 11.5. The molecule has 5 heterocycles. The van der Waals surface area contributed by atoms with Gasteiger partial charge in [-0.15, -0.1) is 22.1 Å². The van der Waals surface area contributed by atoms with Crippen molar-refractivity contribution in [3.05, 3.63) is 117 Å². The molecular formula is C49H54FeN4O6-4. The Morgan fingerprint density at radius 3 is 1.87 bits per heavy atom. The van der Waals surface area contributed by atoms with Crippen molar-refractivity contribution >= 4 is 62.6 Å². The molecule has 3 aromatic rings. The van der Waals surface area contributed by atoms with Gasteiger partial charge in [0.1, 0.15) is 0 Å². The van der Waals surface area contributed by atoms with Crippen molar-refractivity contribution in [2.75, 3.05) is 0 Å². The van der Waals surface area contributed by atoms with Crippen LogP contribution >= 0.6 is 0 Å². The van der Waals surface area contributed by atoms with Gasteiger partial charge in [-0.2, -0.15) is 0 Å². The first-order valence-corrected chi connectivity index (χ1v) is 20.3. The number of allylic oxidation sites excluding steroid dienone is 11. The van der Waals surface area contributed by atoms with Gasteiger partial charge >= 0.3 is 0 Å². The van der Waals surface area contributed by atoms with Crippen LogP contribution in [0.2, 0.25) is 0 Å². The van der Waals surface area contributed by atoms with Crippen molar-refractivity contribution in [3.8, 4) is 0 Å². The number of carboxylic acids is 2. The molecule has 2 aliphatic rings. The van der Waals surface area contributed by atoms with Crippen molar-refractivity contribution in [2.45, 2.75) is 119 Å². The standard InChI is InChI=1S/C49H58N4O6.Fe/c1-9-34-31(6)39-25-45-49(46(55)18-12-17-30(5)16-11-15-29(4)14-10-13-28(2)3)33(8)40(52-45)24-44-37(27-54)36(20-22-48(58)59)43(53-44)26-42-35(19-21-47(56)57)32(7)38(51-42)23-41(34)50-39;/h9,13,15,17,23-27,46,55H,1,10-12,14,16,18-22H2,2-8H3,(H4,50,51,52,53,54,56,57,58,59);/p-4/b29-15+,30-17+,38-23?,39-25?,40-24?,41-23?,42-26?,43-26?,44-24?,45-25?;/t46-;/m0./s1. The summed E-state index contributed by atoms with van der Waals surface area (Å²) < 4.78 is 0. The van der Waals surface area contributed by atoms with E-state index >= 15 is 0 Å². The van der Waals surface area contributed by atoms with Crippen LogP contribution in [0.3, 0.4) is 0 Å². The minimum atomic E-state index is -1.28. The Labute approximate surface area is 363 Å². The molecule has 0 spiro atoms. The van der Waals surface area contributed by atoms with Gasteiger partial charge < -0.3 is 34.9 Å². The third-order valence-electron chi connectivity index (χ3n) is 11.1. The van der Waals surface area contributed by atoms with Gasteiger partial charge in [0.05, 0.1) is 28.9 Å². The number of rotatable bonds is 18. The minimum Gasteiger partial charge on any atom is -0.657 e. The number of hydrogen-bond donors (Lipinski definition) is 1. The molecule has 0 aromatic carbocycles. The number of aliphatic hydroxyl groups excluding tert-OH is 1. The Balaban J connectivity index is 0.00000794. The van der Waals surface area contributed by atoms with Gasteiger partial charge in [-0.3, -0.25) is 4.79 Å². The van der Waals surface area contributed by atoms with Crippen LogP contribution in [0, 0.1) is 13.8 Å². The van der Waals surface area contributed by atoms with Gasteiger partial charge in [-0.1, -0.05) is 88.6 Å². The van der Waals surface area contributed by atoms with E-state index in [0.717, 1.165) is 42.4 Å². The van der Waals surface area contributed by atoms with Gasteiger partial charge in [-0.25, -0.2) is 9.97 Å². The van der Waals surface area contributed by atoms with Crippen LogP contribution in [-0.4, -0.2) is 33.3 Å². The summed E-state index contributed by atoms with van der Waals surface area (Å²) in [6.45, 7) is 18.3. The molecule has 0 saturated heterocycles. The van der Waals surface area contributed by atoms with E-state index in [-0.39, 0.29) is 54.0 Å². The number of fused-ring (bicyclic) bond motifs is 8. The van der Waals surface area contributed by atoms with Crippen molar-refractivity contribution in [3.63, 3.8) is 0 Å². The van der Waals surface area contributed by atoms with Gasteiger partial charge in [0.15, 0.2) is 6.29 Å². The predicted octanol–water partition coefficient (Wildman–Crippen LogP) is 7.86. The number of aldehydes is 1. The average molecular weight is 851 g/mol. The molecule has 60 heavy (non-hydrogen) atoms. The molecule has 0 aliphatic carbocycles. The molecule has 1 atom stereocenters. The Hall–Kier alpha value is -5.35. The smallest absolute Gasteiger partial charge is 0.152 e. The number of carbonyl (C=O) groups is 3. The summed E-state index contributed by atoms with van der Waals surface area (Å²) in [6.07, 6.45) is 12.9. The van der Waals surface area contributed by atoms with Crippen LogP contribution in [0.4, 0.5) is 0 Å². The SMILES string of the molecule is C=CC1=C(C)c2cc3[n-]c(cc4nc(cc5[n-]c(cc1n2)c(C)c5CCC(=O)[O-])C(CCC(=O)[O-])=C4C=O)c(C)c3[C@@H](O)CC/C=C(\C)CC/C=C(\C)CCC=C(C)C.[Fe]. The quantitative estimate of drug-likeness (QED) is 0.0755. The summed E-state index contributed by atoms with van der Waals surface area (Å²) in [5.41, 5.74) is 12.9. The van der Waals surface area contributed by atoms with Crippen molar-refractivity contribution in [1.29, 1.82) is 0 Å². The molecule has 3 aromatic heterocycles. The fraction of sp³-hybridized carbons (Fsp3) is 0.367. The molecule has 8 bridgehead atoms. The molecule has 1 N–H and O–H groups in total. The van der Waals surface area contributed by atoms with Crippen LogP contribution < -0.4 is 20.2 Å². The van der Waals surface area contributed by atoms with Gasteiger partial charge in [-0.05, 0) is 129 Å². The summed E-state index contributed by atoms with van der Waals surface area (Å²) in [7, 11) is 0. The van der Waals surface area contributed by atoms with Crippen molar-refractivity contribution < 1.29 is 46.8 Å². The normalized spacial score (nSPS) is 13.6. The number of carbonyl (C=O) groups excluding carboxylic acids is 3. The molecule has 0 saturated carbocycles. The number of aromatic nitrogens is 4. The minimum absolute atomic E-state index is 0. The fourth-order valence-electron chi connectivity index (χ4n) is 7.71. The van der Waals surface area contributed by atoms with E-state index in [2.05, 4.69) is 52.5 Å². The Morgan fingerprint density at radius 2 is 1.25 bits per heavy atom. The predicted molar refractivity (Wildman–Crippen MR) is 231 cm³/mol. The summed E-state index contributed by atoms with van der Waals surface area (Å²) >= 11 is 0. The summed E-state index contributed by atoms with van der Waals surface area (Å²) in [5.74, 6) is -2.49. The molecule has 0 unspecified atom stereocenters. The maximum Gasteiger partial charge on any atom is 0.152 e. The molecule has 0 radical (unpaired) electrons. The van der Waals surface area contributed by atoms with Crippen LogP contribution in [-0.2, 0) is 37.9 Å². The first kappa shape index (κ1) is 47.3. The van der Waals surface area contributed by atoms with Crippen molar-refractivity contribution in [2.24, 2.45) is 0 Å². The Morgan fingerprint density at radius 1 is 0.717 bits per heavy atom. The zero-order valence-electron chi connectivity index (χ0n) is 35.7. The van der Waals surface area contributed by atoms with E-state index in [0.29, 0.717) is 80.5 Å². The van der Waals surface area contributed by atoms with E-state index in [9.17, 15) is 29.7 Å². The topological polar surface area (TPSA) is 172 Å². The Kier molecular flexibility index (Phi) is 16.8. The molecule has 0 amide bonds. The maximum atomic E-state index is 12.8.